The van der Waals surface area contributed by atoms with Crippen LogP contribution in [0.4, 0.5) is 0 Å². The van der Waals surface area contributed by atoms with E-state index in [4.69, 9.17) is 4.74 Å². The van der Waals surface area contributed by atoms with Gasteiger partial charge in [0.2, 0.25) is 0 Å². The number of benzene rings is 2. The van der Waals surface area contributed by atoms with E-state index in [-0.39, 0.29) is 0 Å². The Kier molecular flexibility index (Phi) is 5.91. The van der Waals surface area contributed by atoms with Crippen LogP contribution in [0.5, 0.6) is 5.75 Å². The van der Waals surface area contributed by atoms with Crippen molar-refractivity contribution >= 4 is 5.65 Å². The lowest BCUT2D eigenvalue weighted by Crippen LogP contribution is -2.23. The summed E-state index contributed by atoms with van der Waals surface area (Å²) in [5, 5.41) is 8.66. The predicted octanol–water partition coefficient (Wildman–Crippen LogP) is 5.35. The number of aromatic nitrogens is 3. The molecule has 164 valence electrons. The Morgan fingerprint density at radius 1 is 0.938 bits per heavy atom. The van der Waals surface area contributed by atoms with E-state index in [0.29, 0.717) is 6.04 Å². The van der Waals surface area contributed by atoms with Crippen LogP contribution in [0.25, 0.3) is 16.8 Å². The van der Waals surface area contributed by atoms with Crippen LogP contribution in [-0.4, -0.2) is 39.7 Å². The van der Waals surface area contributed by atoms with Crippen molar-refractivity contribution in [3.8, 4) is 16.9 Å². The molecule has 1 fully saturated rings. The molecular formula is C27H30N4O. The number of methoxy groups -OCH3 is 1. The highest BCUT2D eigenvalue weighted by molar-refractivity contribution is 5.77. The average Bonchev–Trinajstić information content (AvgIpc) is 3.55. The van der Waals surface area contributed by atoms with Crippen molar-refractivity contribution in [1.29, 1.82) is 0 Å². The summed E-state index contributed by atoms with van der Waals surface area (Å²) < 4.78 is 7.62. The molecule has 2 aromatic carbocycles. The van der Waals surface area contributed by atoms with Gasteiger partial charge in [-0.15, -0.1) is 10.2 Å². The van der Waals surface area contributed by atoms with E-state index in [9.17, 15) is 0 Å². The largest absolute Gasteiger partial charge is 0.496 e. The van der Waals surface area contributed by atoms with Gasteiger partial charge in [-0.1, -0.05) is 42.5 Å². The summed E-state index contributed by atoms with van der Waals surface area (Å²) in [6.07, 6.45) is 6.24. The van der Waals surface area contributed by atoms with Crippen LogP contribution in [-0.2, 0) is 12.8 Å². The van der Waals surface area contributed by atoms with Crippen molar-refractivity contribution in [2.24, 2.45) is 0 Å². The normalized spacial score (nSPS) is 15.3. The summed E-state index contributed by atoms with van der Waals surface area (Å²) in [5.74, 6) is 0.937. The standard InChI is InChI=1S/C27H30N4O/c1-20(30-17-5-6-18-30)21-9-11-22(12-10-21)25-16-15-24(31-19-28-29-27(25)31)14-13-23-7-3-4-8-26(23)32-2/h3-4,7-12,15-16,19-20H,5-6,13-14,17-18H2,1-2H3. The highest BCUT2D eigenvalue weighted by Crippen LogP contribution is 2.29. The van der Waals surface area contributed by atoms with Gasteiger partial charge < -0.3 is 4.74 Å². The van der Waals surface area contributed by atoms with Crippen molar-refractivity contribution in [1.82, 2.24) is 19.5 Å². The second kappa shape index (κ2) is 9.13. The minimum atomic E-state index is 0.469. The molecule has 1 aliphatic heterocycles. The van der Waals surface area contributed by atoms with Gasteiger partial charge in [0.15, 0.2) is 5.65 Å². The summed E-state index contributed by atoms with van der Waals surface area (Å²) in [7, 11) is 1.72. The van der Waals surface area contributed by atoms with Gasteiger partial charge in [-0.25, -0.2) is 0 Å². The molecular weight excluding hydrogens is 396 g/mol. The molecule has 2 aromatic heterocycles. The number of pyridine rings is 1. The fourth-order valence-corrected chi connectivity index (χ4v) is 4.85. The monoisotopic (exact) mass is 426 g/mol. The van der Waals surface area contributed by atoms with E-state index in [2.05, 4.69) is 75.0 Å². The third kappa shape index (κ3) is 4.00. The summed E-state index contributed by atoms with van der Waals surface area (Å²) in [6.45, 7) is 4.73. The molecule has 3 heterocycles. The molecule has 1 saturated heterocycles. The van der Waals surface area contributed by atoms with Crippen LogP contribution >= 0.6 is 0 Å². The molecule has 0 aliphatic carbocycles. The lowest BCUT2D eigenvalue weighted by Gasteiger charge is -2.24. The average molecular weight is 427 g/mol. The maximum absolute atomic E-state index is 5.51. The van der Waals surface area contributed by atoms with Crippen LogP contribution in [0.3, 0.4) is 0 Å². The Morgan fingerprint density at radius 3 is 2.50 bits per heavy atom. The van der Waals surface area contributed by atoms with Crippen molar-refractivity contribution in [2.75, 3.05) is 20.2 Å². The third-order valence-electron chi connectivity index (χ3n) is 6.78. The van der Waals surface area contributed by atoms with Crippen molar-refractivity contribution in [3.63, 3.8) is 0 Å². The molecule has 5 rings (SSSR count). The second-order valence-electron chi connectivity index (χ2n) is 8.62. The molecule has 32 heavy (non-hydrogen) atoms. The molecule has 1 aliphatic rings. The number of ether oxygens (including phenoxy) is 1. The van der Waals surface area contributed by atoms with Crippen LogP contribution in [0.15, 0.2) is 67.0 Å². The number of fused-ring (bicyclic) bond motifs is 1. The summed E-state index contributed by atoms with van der Waals surface area (Å²) in [4.78, 5) is 2.57. The first-order valence-electron chi connectivity index (χ1n) is 11.5. The van der Waals surface area contributed by atoms with Gasteiger partial charge in [0.25, 0.3) is 0 Å². The van der Waals surface area contributed by atoms with Gasteiger partial charge in [0.1, 0.15) is 12.1 Å². The molecule has 5 nitrogen and oxygen atoms in total. The zero-order chi connectivity index (χ0) is 21.9. The molecule has 0 spiro atoms. The van der Waals surface area contributed by atoms with Crippen LogP contribution < -0.4 is 4.74 Å². The first kappa shape index (κ1) is 20.7. The molecule has 0 bridgehead atoms. The predicted molar refractivity (Wildman–Crippen MR) is 128 cm³/mol. The van der Waals surface area contributed by atoms with E-state index in [0.717, 1.165) is 29.8 Å². The fraction of sp³-hybridized carbons (Fsp3) is 0.333. The molecule has 1 unspecified atom stereocenters. The lowest BCUT2D eigenvalue weighted by molar-refractivity contribution is 0.263. The van der Waals surface area contributed by atoms with Gasteiger partial charge in [0, 0.05) is 17.3 Å². The maximum Gasteiger partial charge on any atom is 0.168 e. The minimum absolute atomic E-state index is 0.469. The molecule has 0 N–H and O–H groups in total. The third-order valence-corrected chi connectivity index (χ3v) is 6.78. The molecule has 5 heteroatoms. The smallest absolute Gasteiger partial charge is 0.168 e. The van der Waals surface area contributed by atoms with E-state index in [1.807, 2.05) is 18.5 Å². The Balaban J connectivity index is 1.38. The minimum Gasteiger partial charge on any atom is -0.496 e. The number of rotatable bonds is 7. The van der Waals surface area contributed by atoms with E-state index in [1.54, 1.807) is 7.11 Å². The van der Waals surface area contributed by atoms with Crippen LogP contribution in [0.2, 0.25) is 0 Å². The highest BCUT2D eigenvalue weighted by atomic mass is 16.5. The van der Waals surface area contributed by atoms with E-state index < -0.39 is 0 Å². The number of aryl methyl sites for hydroxylation is 2. The molecule has 1 atom stereocenters. The number of nitrogens with zero attached hydrogens (tertiary/aromatic N) is 4. The maximum atomic E-state index is 5.51. The highest BCUT2D eigenvalue weighted by Gasteiger charge is 2.19. The fourth-order valence-electron chi connectivity index (χ4n) is 4.85. The van der Waals surface area contributed by atoms with Crippen LogP contribution in [0, 0.1) is 0 Å². The quantitative estimate of drug-likeness (QED) is 0.400. The number of hydrogen-bond acceptors (Lipinski definition) is 4. The molecule has 4 aromatic rings. The summed E-state index contributed by atoms with van der Waals surface area (Å²) in [5.41, 5.74) is 6.98. The summed E-state index contributed by atoms with van der Waals surface area (Å²) in [6, 6.07) is 22.0. The first-order chi connectivity index (χ1) is 15.7. The molecule has 0 amide bonds. The molecule has 0 radical (unpaired) electrons. The Hall–Kier alpha value is -3.18. The van der Waals surface area contributed by atoms with E-state index in [1.165, 1.54) is 48.3 Å². The zero-order valence-corrected chi connectivity index (χ0v) is 18.9. The number of hydrogen-bond donors (Lipinski definition) is 0. The van der Waals surface area contributed by atoms with Gasteiger partial charge in [-0.3, -0.25) is 9.30 Å². The topological polar surface area (TPSA) is 42.7 Å². The van der Waals surface area contributed by atoms with Gasteiger partial charge in [-0.2, -0.15) is 0 Å². The zero-order valence-electron chi connectivity index (χ0n) is 18.9. The Labute approximate surface area is 189 Å². The lowest BCUT2D eigenvalue weighted by atomic mass is 10.0. The number of para-hydroxylation sites is 1. The number of likely N-dealkylation sites (tertiary alicyclic amines) is 1. The SMILES string of the molecule is COc1ccccc1CCc1ccc(-c2ccc(C(C)N3CCCC3)cc2)c2nncn12. The van der Waals surface area contributed by atoms with Crippen molar-refractivity contribution < 1.29 is 4.74 Å². The Morgan fingerprint density at radius 2 is 1.72 bits per heavy atom. The van der Waals surface area contributed by atoms with E-state index >= 15 is 0 Å². The molecule has 0 saturated carbocycles. The second-order valence-corrected chi connectivity index (χ2v) is 8.62. The van der Waals surface area contributed by atoms with Gasteiger partial charge in [0.05, 0.1) is 7.11 Å². The van der Waals surface area contributed by atoms with Crippen LogP contribution in [0.1, 0.15) is 42.6 Å². The van der Waals surface area contributed by atoms with Gasteiger partial charge >= 0.3 is 0 Å². The van der Waals surface area contributed by atoms with Crippen molar-refractivity contribution in [2.45, 2.75) is 38.6 Å². The Bertz CT molecular complexity index is 1190. The first-order valence-corrected chi connectivity index (χ1v) is 11.5. The van der Waals surface area contributed by atoms with Crippen molar-refractivity contribution in [3.05, 3.63) is 83.8 Å². The van der Waals surface area contributed by atoms with Gasteiger partial charge in [-0.05, 0) is 80.6 Å². The summed E-state index contributed by atoms with van der Waals surface area (Å²) >= 11 is 0.